The van der Waals surface area contributed by atoms with Gasteiger partial charge in [0.2, 0.25) is 17.7 Å². The molecular formula is C35H49ClN10O8. The Kier molecular flexibility index (Phi) is 10.2. The van der Waals surface area contributed by atoms with Crippen LogP contribution in [-0.2, 0) is 34.4 Å². The standard InChI is InChI=1S/C35H49ClN10O8/c1-17(2)27-33(53)46-24(10-7-13-39-46)32(52)45-22(8-5-12-38-45)30(50)42(4)18(3)29(49)44-23(9-6-11-37-44)31(51)43-25(28(48)41-27)16-35(54)19-14-26(47)20(36)15-21(19)40-34(35)43/h14-15,17-18,22-25,27,34,37-40,47,54H,5-13,16H2,1-4H3,(H,41,48)/t18-,22-,23+,24-,25+,27+,34-,35+/m0/s1. The zero-order chi connectivity index (χ0) is 38.8. The van der Waals surface area contributed by atoms with Crippen LogP contribution in [0.5, 0.6) is 5.75 Å². The zero-order valence-electron chi connectivity index (χ0n) is 30.8. The molecule has 18 nitrogen and oxygen atoms in total. The molecule has 6 heterocycles. The SMILES string of the molecule is CC(C)[C@H]1NC(=O)[C@H]2C[C@@]3(O)c4cc(O)c(Cl)cc4N[C@H]3N2C(=O)[C@H]2CCCNN2C(=O)[C@H](C)N(C)C(=O)[C@@H]2CCCNN2C(=O)[C@@H]2CCCNN2C1=O. The van der Waals surface area contributed by atoms with Gasteiger partial charge in [0.15, 0.2) is 0 Å². The topological polar surface area (TPSA) is 219 Å². The van der Waals surface area contributed by atoms with Crippen LogP contribution in [0.4, 0.5) is 5.69 Å². The van der Waals surface area contributed by atoms with E-state index in [1.807, 2.05) is 0 Å². The van der Waals surface area contributed by atoms with E-state index in [4.69, 9.17) is 11.6 Å². The number of amides is 6. The van der Waals surface area contributed by atoms with E-state index >= 15 is 0 Å². The Morgan fingerprint density at radius 3 is 1.89 bits per heavy atom. The molecule has 0 unspecified atom stereocenters. The van der Waals surface area contributed by atoms with Crippen LogP contribution in [-0.4, -0.2) is 140 Å². The summed E-state index contributed by atoms with van der Waals surface area (Å²) in [7, 11) is 1.48. The molecule has 0 saturated carbocycles. The molecule has 54 heavy (non-hydrogen) atoms. The number of fused-ring (bicyclic) bond motifs is 8. The van der Waals surface area contributed by atoms with Gasteiger partial charge < -0.3 is 30.6 Å². The smallest absolute Gasteiger partial charge is 0.261 e. The molecule has 0 bridgehead atoms. The van der Waals surface area contributed by atoms with E-state index in [1.54, 1.807) is 20.8 Å². The van der Waals surface area contributed by atoms with Gasteiger partial charge in [0, 0.05) is 44.4 Å². The fraction of sp³-hybridized carbons (Fsp3) is 0.657. The molecule has 6 aliphatic heterocycles. The van der Waals surface area contributed by atoms with E-state index in [-0.39, 0.29) is 29.2 Å². The van der Waals surface area contributed by atoms with Crippen molar-refractivity contribution < 1.29 is 39.0 Å². The van der Waals surface area contributed by atoms with Gasteiger partial charge in [0.1, 0.15) is 53.8 Å². The Hall–Kier alpha value is -4.23. The highest BCUT2D eigenvalue weighted by atomic mass is 35.5. The van der Waals surface area contributed by atoms with E-state index in [0.29, 0.717) is 57.4 Å². The molecule has 7 rings (SSSR count). The molecule has 6 aliphatic rings. The number of carbonyl (C=O) groups is 6. The van der Waals surface area contributed by atoms with Gasteiger partial charge >= 0.3 is 0 Å². The fourth-order valence-electron chi connectivity index (χ4n) is 8.68. The highest BCUT2D eigenvalue weighted by molar-refractivity contribution is 6.32. The number of hydrazine groups is 3. The van der Waals surface area contributed by atoms with Crippen molar-refractivity contribution in [3.05, 3.63) is 22.7 Å². The Morgan fingerprint density at radius 2 is 1.30 bits per heavy atom. The molecule has 5 fully saturated rings. The van der Waals surface area contributed by atoms with Crippen molar-refractivity contribution in [2.75, 3.05) is 32.0 Å². The number of aliphatic hydroxyl groups is 1. The maximum Gasteiger partial charge on any atom is 0.261 e. The third-order valence-corrected chi connectivity index (χ3v) is 12.1. The van der Waals surface area contributed by atoms with Crippen molar-refractivity contribution >= 4 is 52.7 Å². The molecule has 19 heteroatoms. The Labute approximate surface area is 317 Å². The summed E-state index contributed by atoms with van der Waals surface area (Å²) < 4.78 is 0. The first kappa shape index (κ1) is 38.1. The molecule has 6 amide bonds. The molecule has 0 radical (unpaired) electrons. The van der Waals surface area contributed by atoms with Crippen molar-refractivity contribution in [2.24, 2.45) is 5.92 Å². The third kappa shape index (κ3) is 6.20. The number of anilines is 1. The first-order chi connectivity index (χ1) is 25.6. The third-order valence-electron chi connectivity index (χ3n) is 11.8. The molecule has 0 aliphatic carbocycles. The van der Waals surface area contributed by atoms with Crippen molar-refractivity contribution in [3.8, 4) is 5.75 Å². The number of aromatic hydroxyl groups is 1. The number of nitrogens with one attached hydrogen (secondary N) is 5. The highest BCUT2D eigenvalue weighted by Crippen LogP contribution is 2.52. The van der Waals surface area contributed by atoms with Crippen molar-refractivity contribution in [3.63, 3.8) is 0 Å². The summed E-state index contributed by atoms with van der Waals surface area (Å²) in [6.45, 7) is 6.21. The van der Waals surface area contributed by atoms with E-state index in [0.717, 1.165) is 0 Å². The van der Waals surface area contributed by atoms with Crippen LogP contribution in [0.3, 0.4) is 0 Å². The van der Waals surface area contributed by atoms with E-state index < -0.39 is 89.4 Å². The number of halogens is 1. The predicted octanol–water partition coefficient (Wildman–Crippen LogP) is -0.926. The first-order valence-corrected chi connectivity index (χ1v) is 19.1. The van der Waals surface area contributed by atoms with Gasteiger partial charge in [-0.1, -0.05) is 25.4 Å². The van der Waals surface area contributed by atoms with Crippen LogP contribution in [0, 0.1) is 5.92 Å². The lowest BCUT2D eigenvalue weighted by molar-refractivity contribution is -0.165. The van der Waals surface area contributed by atoms with Gasteiger partial charge in [0.05, 0.1) is 5.02 Å². The summed E-state index contributed by atoms with van der Waals surface area (Å²) >= 11 is 6.21. The van der Waals surface area contributed by atoms with Crippen LogP contribution in [0.2, 0.25) is 5.02 Å². The van der Waals surface area contributed by atoms with Gasteiger partial charge in [-0.3, -0.25) is 43.8 Å². The number of hydrogen-bond acceptors (Lipinski definition) is 12. The lowest BCUT2D eigenvalue weighted by Crippen LogP contribution is -2.69. The molecule has 1 aromatic rings. The number of phenols is 1. The lowest BCUT2D eigenvalue weighted by Gasteiger charge is -2.45. The summed E-state index contributed by atoms with van der Waals surface area (Å²) in [6.07, 6.45) is 0.941. The summed E-state index contributed by atoms with van der Waals surface area (Å²) in [5, 5.41) is 32.6. The first-order valence-electron chi connectivity index (χ1n) is 18.8. The molecule has 294 valence electrons. The largest absolute Gasteiger partial charge is 0.506 e. The number of phenolic OH excluding ortho intramolecular Hbond substituents is 1. The molecule has 0 spiro atoms. The maximum atomic E-state index is 14.9. The van der Waals surface area contributed by atoms with Crippen LogP contribution in [0.15, 0.2) is 12.1 Å². The lowest BCUT2D eigenvalue weighted by atomic mass is 9.90. The summed E-state index contributed by atoms with van der Waals surface area (Å²) in [5.41, 5.74) is 7.84. The number of rotatable bonds is 1. The molecule has 0 aromatic heterocycles. The second-order valence-electron chi connectivity index (χ2n) is 15.5. The molecular weight excluding hydrogens is 724 g/mol. The van der Waals surface area contributed by atoms with Gasteiger partial charge in [-0.05, 0) is 63.5 Å². The van der Waals surface area contributed by atoms with Crippen LogP contribution >= 0.6 is 11.6 Å². The Morgan fingerprint density at radius 1 is 0.759 bits per heavy atom. The van der Waals surface area contributed by atoms with E-state index in [1.165, 1.54) is 44.0 Å². The normalized spacial score (nSPS) is 34.0. The van der Waals surface area contributed by atoms with Gasteiger partial charge in [-0.2, -0.15) is 0 Å². The molecule has 5 saturated heterocycles. The number of carbonyl (C=O) groups excluding carboxylic acids is 6. The van der Waals surface area contributed by atoms with Crippen LogP contribution < -0.4 is 26.9 Å². The number of hydrogen-bond donors (Lipinski definition) is 7. The van der Waals surface area contributed by atoms with Crippen molar-refractivity contribution in [1.82, 2.24) is 46.4 Å². The van der Waals surface area contributed by atoms with Crippen LogP contribution in [0.1, 0.15) is 71.3 Å². The monoisotopic (exact) mass is 772 g/mol. The van der Waals surface area contributed by atoms with E-state index in [2.05, 4.69) is 26.9 Å². The van der Waals surface area contributed by atoms with Crippen molar-refractivity contribution in [2.45, 2.75) is 114 Å². The van der Waals surface area contributed by atoms with Gasteiger partial charge in [-0.25, -0.2) is 16.3 Å². The minimum atomic E-state index is -1.88. The molecule has 7 N–H and O–H groups in total. The quantitative estimate of drug-likeness (QED) is 0.172. The summed E-state index contributed by atoms with van der Waals surface area (Å²) in [4.78, 5) is 89.2. The Bertz CT molecular complexity index is 1750. The number of nitrogens with zero attached hydrogens (tertiary/aromatic N) is 5. The predicted molar refractivity (Wildman–Crippen MR) is 192 cm³/mol. The second-order valence-corrected chi connectivity index (χ2v) is 15.9. The highest BCUT2D eigenvalue weighted by Gasteiger charge is 2.62. The van der Waals surface area contributed by atoms with Crippen LogP contribution in [0.25, 0.3) is 0 Å². The second kappa shape index (κ2) is 14.4. The summed E-state index contributed by atoms with van der Waals surface area (Å²) in [6, 6.07) is -4.00. The Balaban J connectivity index is 1.33. The van der Waals surface area contributed by atoms with Gasteiger partial charge in [-0.15, -0.1) is 0 Å². The average molecular weight is 773 g/mol. The van der Waals surface area contributed by atoms with E-state index in [9.17, 15) is 39.0 Å². The fourth-order valence-corrected chi connectivity index (χ4v) is 8.85. The number of benzene rings is 1. The number of likely N-dealkylation sites (N-methyl/N-ethyl adjacent to an activating group) is 1. The minimum Gasteiger partial charge on any atom is -0.506 e. The molecule has 8 atom stereocenters. The summed E-state index contributed by atoms with van der Waals surface area (Å²) in [5.74, 6) is -4.28. The molecule has 1 aromatic carbocycles. The van der Waals surface area contributed by atoms with Gasteiger partial charge in [0.25, 0.3) is 17.7 Å². The van der Waals surface area contributed by atoms with Crippen molar-refractivity contribution in [1.29, 1.82) is 0 Å². The minimum absolute atomic E-state index is 0.0135. The zero-order valence-corrected chi connectivity index (χ0v) is 31.6. The maximum absolute atomic E-state index is 14.9. The average Bonchev–Trinajstić information content (AvgIpc) is 3.62.